The van der Waals surface area contributed by atoms with Crippen molar-refractivity contribution in [2.24, 2.45) is 0 Å². The molecule has 2 heterocycles. The maximum atomic E-state index is 12.1. The van der Waals surface area contributed by atoms with E-state index in [0.29, 0.717) is 27.3 Å². The number of thiazole rings is 1. The van der Waals surface area contributed by atoms with Crippen molar-refractivity contribution in [3.63, 3.8) is 0 Å². The summed E-state index contributed by atoms with van der Waals surface area (Å²) in [6.07, 6.45) is 2.37. The number of aryl methyl sites for hydroxylation is 1. The van der Waals surface area contributed by atoms with Crippen LogP contribution in [-0.4, -0.2) is 33.2 Å². The van der Waals surface area contributed by atoms with Crippen LogP contribution in [0.1, 0.15) is 33.4 Å². The van der Waals surface area contributed by atoms with Crippen LogP contribution in [0, 0.1) is 17.0 Å². The molecule has 0 saturated heterocycles. The Labute approximate surface area is 198 Å². The Hall–Kier alpha value is -4.05. The highest BCUT2D eigenvalue weighted by Crippen LogP contribution is 2.41. The molecule has 4 aromatic rings. The summed E-state index contributed by atoms with van der Waals surface area (Å²) >= 11 is 1.24. The molecule has 0 fully saturated rings. The molecular weight excluding hydrogens is 458 g/mol. The molecule has 34 heavy (non-hydrogen) atoms. The predicted molar refractivity (Wildman–Crippen MR) is 126 cm³/mol. The Balaban J connectivity index is 1.80. The molecular formula is C24H21N3O6S. The van der Waals surface area contributed by atoms with Crippen molar-refractivity contribution < 1.29 is 24.0 Å². The molecule has 0 saturated carbocycles. The number of hydrogen-bond acceptors (Lipinski definition) is 8. The van der Waals surface area contributed by atoms with Crippen molar-refractivity contribution in [3.05, 3.63) is 80.5 Å². The molecule has 4 rings (SSSR count). The third-order valence-electron chi connectivity index (χ3n) is 5.04. The molecule has 0 unspecified atom stereocenters. The van der Waals surface area contributed by atoms with Crippen LogP contribution in [0.15, 0.2) is 48.7 Å². The van der Waals surface area contributed by atoms with Gasteiger partial charge in [0.15, 0.2) is 11.2 Å². The number of aldehydes is 1. The van der Waals surface area contributed by atoms with Crippen LogP contribution in [0.3, 0.4) is 0 Å². The lowest BCUT2D eigenvalue weighted by Gasteiger charge is -2.12. The zero-order valence-corrected chi connectivity index (χ0v) is 19.3. The van der Waals surface area contributed by atoms with Gasteiger partial charge in [0.1, 0.15) is 18.0 Å². The van der Waals surface area contributed by atoms with E-state index >= 15 is 0 Å². The predicted octanol–water partition coefficient (Wildman–Crippen LogP) is 4.78. The van der Waals surface area contributed by atoms with E-state index in [1.165, 1.54) is 17.4 Å². The number of nitro benzene ring substituents is 1. The first-order chi connectivity index (χ1) is 16.4. The average molecular weight is 480 g/mol. The van der Waals surface area contributed by atoms with Gasteiger partial charge in [-0.25, -0.2) is 4.98 Å². The van der Waals surface area contributed by atoms with Gasteiger partial charge in [-0.15, -0.1) is 11.3 Å². The van der Waals surface area contributed by atoms with E-state index in [1.54, 1.807) is 30.5 Å². The summed E-state index contributed by atoms with van der Waals surface area (Å²) in [6.45, 7) is 3.85. The van der Waals surface area contributed by atoms with Gasteiger partial charge in [-0.2, -0.15) is 0 Å². The SMILES string of the molecule is CCOC(=O)Cc1cn2c(C=O)c(-c3cc(C)cc([N+](=O)[O-])c3OCc3ccccc3)nc2s1. The van der Waals surface area contributed by atoms with Crippen LogP contribution in [0.25, 0.3) is 16.2 Å². The van der Waals surface area contributed by atoms with Gasteiger partial charge in [0.25, 0.3) is 0 Å². The van der Waals surface area contributed by atoms with Crippen molar-refractivity contribution in [1.82, 2.24) is 9.38 Å². The molecule has 2 aromatic heterocycles. The summed E-state index contributed by atoms with van der Waals surface area (Å²) in [7, 11) is 0. The van der Waals surface area contributed by atoms with Gasteiger partial charge >= 0.3 is 11.7 Å². The molecule has 0 aliphatic rings. The molecule has 2 aromatic carbocycles. The summed E-state index contributed by atoms with van der Waals surface area (Å²) in [5.74, 6) is -0.328. The summed E-state index contributed by atoms with van der Waals surface area (Å²) < 4.78 is 12.5. The number of imidazole rings is 1. The van der Waals surface area contributed by atoms with Gasteiger partial charge in [0.2, 0.25) is 5.75 Å². The minimum atomic E-state index is -0.507. The minimum absolute atomic E-state index is 0.0417. The lowest BCUT2D eigenvalue weighted by atomic mass is 10.0. The molecule has 0 aliphatic heterocycles. The summed E-state index contributed by atoms with van der Waals surface area (Å²) in [4.78, 5) is 41.0. The number of nitro groups is 1. The molecule has 0 N–H and O–H groups in total. The van der Waals surface area contributed by atoms with Crippen LogP contribution in [0.2, 0.25) is 0 Å². The largest absolute Gasteiger partial charge is 0.481 e. The fourth-order valence-corrected chi connectivity index (χ4v) is 4.57. The number of carbonyl (C=O) groups is 2. The van der Waals surface area contributed by atoms with Crippen LogP contribution < -0.4 is 4.74 Å². The topological polar surface area (TPSA) is 113 Å². The molecule has 174 valence electrons. The molecule has 0 spiro atoms. The number of carbonyl (C=O) groups excluding carboxylic acids is 2. The van der Waals surface area contributed by atoms with Crippen LogP contribution >= 0.6 is 11.3 Å². The Bertz CT molecular complexity index is 1380. The Morgan fingerprint density at radius 2 is 2.03 bits per heavy atom. The number of rotatable bonds is 9. The first kappa shape index (κ1) is 23.1. The molecule has 0 atom stereocenters. The molecule has 0 aliphatic carbocycles. The van der Waals surface area contributed by atoms with Crippen molar-refractivity contribution in [2.45, 2.75) is 26.9 Å². The smallest absolute Gasteiger partial charge is 0.311 e. The Morgan fingerprint density at radius 1 is 1.26 bits per heavy atom. The third-order valence-corrected chi connectivity index (χ3v) is 6.02. The number of aromatic nitrogens is 2. The monoisotopic (exact) mass is 479 g/mol. The minimum Gasteiger partial charge on any atom is -0.481 e. The molecule has 0 bridgehead atoms. The van der Waals surface area contributed by atoms with Gasteiger partial charge in [-0.3, -0.25) is 24.1 Å². The quantitative estimate of drug-likeness (QED) is 0.147. The second-order valence-electron chi connectivity index (χ2n) is 7.49. The Kier molecular flexibility index (Phi) is 6.69. The number of nitrogens with zero attached hydrogens (tertiary/aromatic N) is 3. The van der Waals surface area contributed by atoms with E-state index in [9.17, 15) is 19.7 Å². The van der Waals surface area contributed by atoms with Gasteiger partial charge in [0, 0.05) is 17.1 Å². The van der Waals surface area contributed by atoms with Gasteiger partial charge in [0.05, 0.1) is 23.5 Å². The lowest BCUT2D eigenvalue weighted by molar-refractivity contribution is -0.385. The second kappa shape index (κ2) is 9.84. The standard InChI is InChI=1S/C24H21N3O6S/c1-3-32-21(29)11-17-12-26-20(13-28)22(25-24(26)34-17)18-9-15(2)10-19(27(30)31)23(18)33-14-16-7-5-4-6-8-16/h4-10,12-13H,3,11,14H2,1-2H3. The van der Waals surface area contributed by atoms with Crippen molar-refractivity contribution in [2.75, 3.05) is 6.61 Å². The van der Waals surface area contributed by atoms with Gasteiger partial charge < -0.3 is 9.47 Å². The molecule has 0 amide bonds. The number of fused-ring (bicyclic) bond motifs is 1. The number of hydrogen-bond donors (Lipinski definition) is 0. The summed E-state index contributed by atoms with van der Waals surface area (Å²) in [6, 6.07) is 12.4. The van der Waals surface area contributed by atoms with E-state index in [1.807, 2.05) is 30.3 Å². The van der Waals surface area contributed by atoms with Crippen LogP contribution in [0.4, 0.5) is 5.69 Å². The fourth-order valence-electron chi connectivity index (χ4n) is 3.60. The van der Waals surface area contributed by atoms with Crippen molar-refractivity contribution in [1.29, 1.82) is 0 Å². The van der Waals surface area contributed by atoms with E-state index in [-0.39, 0.29) is 48.4 Å². The van der Waals surface area contributed by atoms with E-state index in [4.69, 9.17) is 9.47 Å². The third kappa shape index (κ3) is 4.67. The highest BCUT2D eigenvalue weighted by Gasteiger charge is 2.26. The van der Waals surface area contributed by atoms with Gasteiger partial charge in [-0.1, -0.05) is 30.3 Å². The number of ether oxygens (including phenoxy) is 2. The average Bonchev–Trinajstić information content (AvgIpc) is 3.35. The van der Waals surface area contributed by atoms with E-state index in [2.05, 4.69) is 4.98 Å². The molecule has 10 heteroatoms. The highest BCUT2D eigenvalue weighted by atomic mass is 32.1. The van der Waals surface area contributed by atoms with E-state index < -0.39 is 4.92 Å². The van der Waals surface area contributed by atoms with Crippen molar-refractivity contribution in [3.8, 4) is 17.0 Å². The number of benzene rings is 2. The highest BCUT2D eigenvalue weighted by molar-refractivity contribution is 7.17. The maximum Gasteiger partial charge on any atom is 0.311 e. The normalized spacial score (nSPS) is 10.9. The first-order valence-electron chi connectivity index (χ1n) is 10.5. The second-order valence-corrected chi connectivity index (χ2v) is 8.58. The zero-order chi connectivity index (χ0) is 24.2. The summed E-state index contributed by atoms with van der Waals surface area (Å²) in [5, 5.41) is 11.8. The van der Waals surface area contributed by atoms with Crippen molar-refractivity contribution >= 4 is 34.2 Å². The Morgan fingerprint density at radius 3 is 2.71 bits per heavy atom. The van der Waals surface area contributed by atoms with Gasteiger partial charge in [-0.05, 0) is 31.0 Å². The van der Waals surface area contributed by atoms with Crippen LogP contribution in [-0.2, 0) is 22.6 Å². The fraction of sp³-hybridized carbons (Fsp3) is 0.208. The zero-order valence-electron chi connectivity index (χ0n) is 18.5. The van der Waals surface area contributed by atoms with E-state index in [0.717, 1.165) is 5.56 Å². The molecule has 9 nitrogen and oxygen atoms in total. The first-order valence-corrected chi connectivity index (χ1v) is 11.3. The maximum absolute atomic E-state index is 12.1. The summed E-state index contributed by atoms with van der Waals surface area (Å²) in [5.41, 5.74) is 2.11. The number of esters is 1. The molecule has 0 radical (unpaired) electrons. The lowest BCUT2D eigenvalue weighted by Crippen LogP contribution is -2.06. The van der Waals surface area contributed by atoms with Crippen LogP contribution in [0.5, 0.6) is 5.75 Å².